The normalized spacial score (nSPS) is 12.9. The lowest BCUT2D eigenvalue weighted by molar-refractivity contribution is -0.124. The van der Waals surface area contributed by atoms with Crippen molar-refractivity contribution in [3.63, 3.8) is 0 Å². The number of benzene rings is 1. The second-order valence-corrected chi connectivity index (χ2v) is 5.12. The van der Waals surface area contributed by atoms with Gasteiger partial charge in [-0.25, -0.2) is 0 Å². The number of nitrogens with one attached hydrogen (secondary N) is 1. The number of aromatic nitrogens is 1. The Balaban J connectivity index is 2.35. The van der Waals surface area contributed by atoms with E-state index >= 15 is 0 Å². The number of carbonyl (C=O) groups excluding carboxylic acids is 1. The van der Waals surface area contributed by atoms with Gasteiger partial charge in [0.2, 0.25) is 5.91 Å². The van der Waals surface area contributed by atoms with E-state index in [1.807, 2.05) is 37.6 Å². The van der Waals surface area contributed by atoms with Gasteiger partial charge in [-0.05, 0) is 50.8 Å². The van der Waals surface area contributed by atoms with E-state index in [1.54, 1.807) is 0 Å². The van der Waals surface area contributed by atoms with E-state index in [1.165, 1.54) is 10.9 Å². The molecule has 1 N–H and O–H groups in total. The summed E-state index contributed by atoms with van der Waals surface area (Å²) in [4.78, 5) is 12.0. The van der Waals surface area contributed by atoms with E-state index in [2.05, 4.69) is 30.4 Å². The smallest absolute Gasteiger partial charge is 0.242 e. The molecule has 1 heterocycles. The first-order chi connectivity index (χ1) is 8.49. The summed E-state index contributed by atoms with van der Waals surface area (Å²) >= 11 is 0. The van der Waals surface area contributed by atoms with Crippen molar-refractivity contribution < 1.29 is 4.79 Å². The van der Waals surface area contributed by atoms with Crippen molar-refractivity contribution in [1.29, 1.82) is 0 Å². The van der Waals surface area contributed by atoms with Crippen molar-refractivity contribution in [1.82, 2.24) is 9.88 Å². The molecule has 0 aliphatic heterocycles. The summed E-state index contributed by atoms with van der Waals surface area (Å²) in [5.41, 5.74) is 2.32. The molecule has 0 saturated carbocycles. The highest BCUT2D eigenvalue weighted by Gasteiger charge is 2.16. The molecule has 0 saturated heterocycles. The maximum absolute atomic E-state index is 12.0. The molecular weight excluding hydrogens is 224 g/mol. The first kappa shape index (κ1) is 12.7. The Morgan fingerprint density at radius 1 is 1.22 bits per heavy atom. The van der Waals surface area contributed by atoms with Gasteiger partial charge in [-0.1, -0.05) is 12.1 Å². The Morgan fingerprint density at radius 3 is 2.61 bits per heavy atom. The van der Waals surface area contributed by atoms with E-state index in [0.29, 0.717) is 0 Å². The monoisotopic (exact) mass is 244 g/mol. The molecule has 18 heavy (non-hydrogen) atoms. The fourth-order valence-electron chi connectivity index (χ4n) is 2.13. The number of aryl methyl sites for hydroxylation is 1. The molecule has 1 unspecified atom stereocenters. The van der Waals surface area contributed by atoms with Gasteiger partial charge in [0.1, 0.15) is 6.04 Å². The van der Waals surface area contributed by atoms with Gasteiger partial charge >= 0.3 is 0 Å². The summed E-state index contributed by atoms with van der Waals surface area (Å²) in [6, 6.07) is 8.33. The van der Waals surface area contributed by atoms with Crippen LogP contribution >= 0.6 is 0 Å². The van der Waals surface area contributed by atoms with E-state index in [4.69, 9.17) is 0 Å². The van der Waals surface area contributed by atoms with Crippen LogP contribution in [0, 0.1) is 6.92 Å². The summed E-state index contributed by atoms with van der Waals surface area (Å²) in [7, 11) is 0. The summed E-state index contributed by atoms with van der Waals surface area (Å²) in [5, 5.41) is 4.12. The lowest BCUT2D eigenvalue weighted by Gasteiger charge is -2.17. The van der Waals surface area contributed by atoms with Gasteiger partial charge in [-0.15, -0.1) is 0 Å². The highest BCUT2D eigenvalue weighted by atomic mass is 16.2. The van der Waals surface area contributed by atoms with Crippen LogP contribution in [0.4, 0.5) is 0 Å². The highest BCUT2D eigenvalue weighted by Crippen LogP contribution is 2.21. The predicted octanol–water partition coefficient (Wildman–Crippen LogP) is 3.04. The Labute approximate surface area is 108 Å². The van der Waals surface area contributed by atoms with Gasteiger partial charge in [0.15, 0.2) is 0 Å². The van der Waals surface area contributed by atoms with E-state index < -0.39 is 0 Å². The Morgan fingerprint density at radius 2 is 1.94 bits per heavy atom. The zero-order chi connectivity index (χ0) is 13.3. The molecule has 0 aliphatic rings. The molecular formula is C15H20N2O. The maximum atomic E-state index is 12.0. The average molecular weight is 244 g/mol. The largest absolute Gasteiger partial charge is 0.352 e. The maximum Gasteiger partial charge on any atom is 0.242 e. The van der Waals surface area contributed by atoms with E-state index in [9.17, 15) is 4.79 Å². The minimum atomic E-state index is -0.188. The van der Waals surface area contributed by atoms with Gasteiger partial charge in [0.25, 0.3) is 0 Å². The van der Waals surface area contributed by atoms with Crippen molar-refractivity contribution in [3.05, 3.63) is 36.0 Å². The van der Waals surface area contributed by atoms with Crippen LogP contribution < -0.4 is 5.32 Å². The zero-order valence-corrected chi connectivity index (χ0v) is 11.4. The van der Waals surface area contributed by atoms with Crippen molar-refractivity contribution >= 4 is 16.8 Å². The van der Waals surface area contributed by atoms with Crippen molar-refractivity contribution in [2.75, 3.05) is 0 Å². The van der Waals surface area contributed by atoms with Gasteiger partial charge in [0.05, 0.1) is 0 Å². The third kappa shape index (κ3) is 2.40. The molecule has 3 nitrogen and oxygen atoms in total. The van der Waals surface area contributed by atoms with E-state index in [0.717, 1.165) is 5.52 Å². The highest BCUT2D eigenvalue weighted by molar-refractivity contribution is 5.86. The molecule has 0 aliphatic carbocycles. The number of hydrogen-bond donors (Lipinski definition) is 1. The van der Waals surface area contributed by atoms with Crippen LogP contribution in [0.2, 0.25) is 0 Å². The third-order valence-electron chi connectivity index (χ3n) is 3.11. The molecule has 3 heteroatoms. The predicted molar refractivity (Wildman–Crippen MR) is 74.7 cm³/mol. The zero-order valence-electron chi connectivity index (χ0n) is 11.4. The van der Waals surface area contributed by atoms with Crippen LogP contribution in [-0.2, 0) is 4.79 Å². The number of carbonyl (C=O) groups is 1. The second-order valence-electron chi connectivity index (χ2n) is 5.12. The Hall–Kier alpha value is -1.77. The topological polar surface area (TPSA) is 34.0 Å². The number of fused-ring (bicyclic) bond motifs is 1. The second kappa shape index (κ2) is 4.84. The molecule has 2 rings (SSSR count). The lowest BCUT2D eigenvalue weighted by atomic mass is 10.2. The van der Waals surface area contributed by atoms with E-state index in [-0.39, 0.29) is 18.0 Å². The molecule has 1 aromatic carbocycles. The van der Waals surface area contributed by atoms with Crippen molar-refractivity contribution in [2.24, 2.45) is 0 Å². The van der Waals surface area contributed by atoms with Gasteiger partial charge in [-0.2, -0.15) is 0 Å². The molecule has 1 aromatic heterocycles. The van der Waals surface area contributed by atoms with Gasteiger partial charge in [-0.3, -0.25) is 4.79 Å². The van der Waals surface area contributed by atoms with Gasteiger partial charge < -0.3 is 9.88 Å². The average Bonchev–Trinajstić information content (AvgIpc) is 2.69. The number of hydrogen-bond acceptors (Lipinski definition) is 1. The molecule has 2 aromatic rings. The summed E-state index contributed by atoms with van der Waals surface area (Å²) in [5.74, 6) is 0.0593. The minimum Gasteiger partial charge on any atom is -0.352 e. The fraction of sp³-hybridized carbons (Fsp3) is 0.400. The van der Waals surface area contributed by atoms with Gasteiger partial charge in [0, 0.05) is 17.8 Å². The first-order valence-electron chi connectivity index (χ1n) is 6.36. The lowest BCUT2D eigenvalue weighted by Crippen LogP contribution is -2.35. The molecule has 0 radical (unpaired) electrons. The molecule has 1 amide bonds. The molecule has 0 bridgehead atoms. The summed E-state index contributed by atoms with van der Waals surface area (Å²) in [6.07, 6.45) is 1.98. The van der Waals surface area contributed by atoms with Crippen LogP contribution in [0.25, 0.3) is 10.9 Å². The quantitative estimate of drug-likeness (QED) is 0.884. The number of amides is 1. The molecule has 1 atom stereocenters. The van der Waals surface area contributed by atoms with Crippen LogP contribution in [0.1, 0.15) is 32.4 Å². The molecule has 96 valence electrons. The van der Waals surface area contributed by atoms with Crippen LogP contribution in [-0.4, -0.2) is 16.5 Å². The SMILES string of the molecule is Cc1ccc2ccn(C(C)C(=O)NC(C)C)c2c1. The third-order valence-corrected chi connectivity index (χ3v) is 3.11. The molecule has 0 spiro atoms. The van der Waals surface area contributed by atoms with Crippen LogP contribution in [0.3, 0.4) is 0 Å². The van der Waals surface area contributed by atoms with Crippen LogP contribution in [0.15, 0.2) is 30.5 Å². The summed E-state index contributed by atoms with van der Waals surface area (Å²) in [6.45, 7) is 7.94. The number of rotatable bonds is 3. The fourth-order valence-corrected chi connectivity index (χ4v) is 2.13. The number of nitrogens with zero attached hydrogens (tertiary/aromatic N) is 1. The van der Waals surface area contributed by atoms with Crippen LogP contribution in [0.5, 0.6) is 0 Å². The van der Waals surface area contributed by atoms with Crippen molar-refractivity contribution in [2.45, 2.75) is 39.8 Å². The summed E-state index contributed by atoms with van der Waals surface area (Å²) < 4.78 is 2.03. The first-order valence-corrected chi connectivity index (χ1v) is 6.36. The van der Waals surface area contributed by atoms with Crippen molar-refractivity contribution in [3.8, 4) is 0 Å². The Kier molecular flexibility index (Phi) is 3.41. The minimum absolute atomic E-state index is 0.0593. The Bertz CT molecular complexity index is 569. The standard InChI is InChI=1S/C15H20N2O/c1-10(2)16-15(18)12(4)17-8-7-13-6-5-11(3)9-14(13)17/h5-10,12H,1-4H3,(H,16,18). The molecule has 0 fully saturated rings.